The van der Waals surface area contributed by atoms with Crippen molar-refractivity contribution in [1.82, 2.24) is 58.6 Å². The number of phosphoric acid groups is 1. The van der Waals surface area contributed by atoms with Crippen LogP contribution in [-0.2, 0) is 25.7 Å². The molecule has 12 rings (SSSR count). The van der Waals surface area contributed by atoms with Gasteiger partial charge in [-0.25, -0.2) is 58.6 Å². The molecule has 0 aliphatic carbocycles. The molecule has 12 aromatic rings. The van der Waals surface area contributed by atoms with E-state index in [-0.39, 0.29) is 24.0 Å². The summed E-state index contributed by atoms with van der Waals surface area (Å²) in [6.07, 6.45) is 27.5. The average molecular weight is 1360 g/mol. The highest BCUT2D eigenvalue weighted by Gasteiger charge is 2.12. The van der Waals surface area contributed by atoms with Crippen molar-refractivity contribution in [2.24, 2.45) is 36.4 Å². The number of hydrazone groups is 3. The Hall–Kier alpha value is -9.12. The third-order valence-electron chi connectivity index (χ3n) is 12.4. The van der Waals surface area contributed by atoms with E-state index in [2.05, 4.69) is 76.4 Å². The van der Waals surface area contributed by atoms with E-state index in [0.717, 1.165) is 84.0 Å². The Labute approximate surface area is 529 Å². The predicted octanol–water partition coefficient (Wildman–Crippen LogP) is 7.18. The van der Waals surface area contributed by atoms with E-state index in [1.807, 2.05) is 180 Å². The molecule has 25 nitrogen and oxygen atoms in total. The van der Waals surface area contributed by atoms with Crippen LogP contribution in [0.5, 0.6) is 0 Å². The molecule has 442 valence electrons. The topological polar surface area (TPSA) is 302 Å². The maximum atomic E-state index is 8.55. The van der Waals surface area contributed by atoms with Gasteiger partial charge in [0.15, 0.2) is 17.5 Å². The van der Waals surface area contributed by atoms with Crippen molar-refractivity contribution < 1.29 is 32.9 Å². The summed E-state index contributed by atoms with van der Waals surface area (Å²) >= 11 is 18.1. The molecule has 0 saturated carbocycles. The lowest BCUT2D eigenvalue weighted by molar-refractivity contribution is -0.670. The van der Waals surface area contributed by atoms with Gasteiger partial charge in [-0.15, -0.1) is 24.0 Å². The van der Waals surface area contributed by atoms with E-state index in [1.54, 1.807) is 55.0 Å². The summed E-state index contributed by atoms with van der Waals surface area (Å²) in [6, 6.07) is 28.2. The second kappa shape index (κ2) is 29.3. The van der Waals surface area contributed by atoms with Crippen LogP contribution in [0.25, 0.3) is 50.2 Å². The summed E-state index contributed by atoms with van der Waals surface area (Å²) in [5, 5.41) is 17.8. The average Bonchev–Trinajstić information content (AvgIpc) is 3.03. The number of hydrogen-bond acceptors (Lipinski definition) is 19. The second-order valence-corrected chi connectivity index (χ2v) is 20.9. The SMILES string of the molecule is C/C(=N\Nc1ncnc2cc(Cl)ccc12)c1ccc(-n2cc[n+](C)c2)nc1.C/C(=N\Nc1ncnc2cc(Cl)ccc12)c1ccc(-n2cc[n+](C)c2)nc1.C/C(=N\Nc1ncnc2cc(Cl)ccc12)c1ccc(-n2cc[n+](C)c2)nc1.I.O=P([O-])([O-])[O-]. The van der Waals surface area contributed by atoms with Crippen molar-refractivity contribution in [3.63, 3.8) is 0 Å². The zero-order valence-corrected chi connectivity index (χ0v) is 52.5. The maximum Gasteiger partial charge on any atom is 0.250 e. The maximum absolute atomic E-state index is 8.55. The van der Waals surface area contributed by atoms with Crippen LogP contribution in [0.4, 0.5) is 17.5 Å². The summed E-state index contributed by atoms with van der Waals surface area (Å²) in [7, 11) is 0.522. The number of aromatic nitrogens is 15. The lowest BCUT2D eigenvalue weighted by Gasteiger charge is -2.36. The minimum atomic E-state index is -5.39. The fraction of sp³-hybridized carbons (Fsp3) is 0.105. The standard InChI is InChI=1S/3C19H17ClN7.HI.H3O4P/c3*1-13(14-3-6-18(21-10-14)27-8-7-26(2)12-27)24-25-19-16-5-4-15(20)9-17(16)22-11-23-19;;1-5(2,3)4/h3*3-12H,1-2H3,(H,22,23,25);1H;(H3,1,2,3,4)/q3*+1;;/p-3/b3*24-13+;;. The Balaban J connectivity index is 0.000000162. The molecule has 3 aromatic carbocycles. The third kappa shape index (κ3) is 17.7. The van der Waals surface area contributed by atoms with Gasteiger partial charge in [0.1, 0.15) is 56.2 Å². The minimum absolute atomic E-state index is 0. The van der Waals surface area contributed by atoms with Crippen LogP contribution in [0, 0.1) is 0 Å². The highest BCUT2D eigenvalue weighted by Crippen LogP contribution is 2.25. The normalized spacial score (nSPS) is 11.6. The number of benzene rings is 3. The van der Waals surface area contributed by atoms with E-state index >= 15 is 0 Å². The van der Waals surface area contributed by atoms with Gasteiger partial charge in [-0.2, -0.15) is 36.8 Å². The molecule has 3 N–H and O–H groups in total. The molecule has 0 bridgehead atoms. The molecule has 0 unspecified atom stereocenters. The van der Waals surface area contributed by atoms with Gasteiger partial charge < -0.3 is 19.2 Å². The number of imidazole rings is 3. The molecule has 0 atom stereocenters. The first kappa shape index (κ1) is 63.9. The van der Waals surface area contributed by atoms with Crippen LogP contribution in [0.2, 0.25) is 15.1 Å². The molecule has 0 aliphatic heterocycles. The highest BCUT2D eigenvalue weighted by atomic mass is 127. The molecule has 0 spiro atoms. The number of halogens is 4. The number of aryl methyl sites for hydroxylation is 3. The van der Waals surface area contributed by atoms with Crippen LogP contribution >= 0.6 is 66.6 Å². The molecule has 30 heteroatoms. The molecule has 0 saturated heterocycles. The summed E-state index contributed by atoms with van der Waals surface area (Å²) in [6.45, 7) is 5.75. The largest absolute Gasteiger partial charge is 0.822 e. The quantitative estimate of drug-likeness (QED) is 0.0359. The van der Waals surface area contributed by atoms with E-state index in [4.69, 9.17) is 54.0 Å². The Morgan fingerprint density at radius 3 is 0.954 bits per heavy atom. The smallest absolute Gasteiger partial charge is 0.250 e. The minimum Gasteiger partial charge on any atom is -0.822 e. The second-order valence-electron chi connectivity index (χ2n) is 18.7. The summed E-state index contributed by atoms with van der Waals surface area (Å²) in [4.78, 5) is 64.6. The fourth-order valence-electron chi connectivity index (χ4n) is 7.98. The van der Waals surface area contributed by atoms with E-state index < -0.39 is 7.82 Å². The van der Waals surface area contributed by atoms with E-state index in [0.29, 0.717) is 32.5 Å². The lowest BCUT2D eigenvalue weighted by atomic mass is 10.2. The van der Waals surface area contributed by atoms with Crippen LogP contribution in [0.1, 0.15) is 37.5 Å². The van der Waals surface area contributed by atoms with Crippen molar-refractivity contribution in [3.05, 3.63) is 216 Å². The number of nitrogens with one attached hydrogen (secondary N) is 3. The zero-order chi connectivity index (χ0) is 60.9. The fourth-order valence-corrected chi connectivity index (χ4v) is 8.48. The number of pyridine rings is 3. The molecule has 9 heterocycles. The first-order chi connectivity index (χ1) is 41.3. The Morgan fingerprint density at radius 1 is 0.448 bits per heavy atom. The van der Waals surface area contributed by atoms with Gasteiger partial charge >= 0.3 is 0 Å². The van der Waals surface area contributed by atoms with Gasteiger partial charge in [0, 0.05) is 84.7 Å². The lowest BCUT2D eigenvalue weighted by Crippen LogP contribution is -2.24. The van der Waals surface area contributed by atoms with Crippen LogP contribution in [-0.4, -0.2) is 75.7 Å². The van der Waals surface area contributed by atoms with Gasteiger partial charge in [0.05, 0.1) is 54.8 Å². The van der Waals surface area contributed by atoms with Gasteiger partial charge in [-0.05, 0) is 93.6 Å². The highest BCUT2D eigenvalue weighted by molar-refractivity contribution is 14.0. The van der Waals surface area contributed by atoms with Crippen molar-refractivity contribution in [3.8, 4) is 17.5 Å². The molecular weight excluding hydrogens is 1310 g/mol. The predicted molar refractivity (Wildman–Crippen MR) is 338 cm³/mol. The van der Waals surface area contributed by atoms with Gasteiger partial charge in [0.2, 0.25) is 36.4 Å². The molecule has 0 radical (unpaired) electrons. The Bertz CT molecular complexity index is 4040. The monoisotopic (exact) mass is 1360 g/mol. The van der Waals surface area contributed by atoms with Crippen LogP contribution < -0.4 is 44.7 Å². The first-order valence-corrected chi connectivity index (χ1v) is 28.2. The summed E-state index contributed by atoms with van der Waals surface area (Å²) < 4.78 is 20.3. The van der Waals surface area contributed by atoms with Crippen LogP contribution in [0.3, 0.4) is 0 Å². The third-order valence-corrected chi connectivity index (χ3v) is 13.1. The van der Waals surface area contributed by atoms with Crippen molar-refractivity contribution >= 4 is 134 Å². The number of rotatable bonds is 12. The molecular formula is C57H52Cl3IN21O4P. The number of nitrogens with zero attached hydrogens (tertiary/aromatic N) is 18. The van der Waals surface area contributed by atoms with E-state index in [9.17, 15) is 0 Å². The van der Waals surface area contributed by atoms with E-state index in [1.165, 1.54) is 19.0 Å². The number of hydrogen-bond donors (Lipinski definition) is 3. The molecule has 0 fully saturated rings. The Morgan fingerprint density at radius 2 is 0.724 bits per heavy atom. The first-order valence-electron chi connectivity index (χ1n) is 25.6. The van der Waals surface area contributed by atoms with Crippen LogP contribution in [0.15, 0.2) is 200 Å². The number of fused-ring (bicyclic) bond motifs is 3. The summed E-state index contributed by atoms with van der Waals surface area (Å²) in [5.41, 5.74) is 16.5. The van der Waals surface area contributed by atoms with Gasteiger partial charge in [-0.1, -0.05) is 34.8 Å². The zero-order valence-electron chi connectivity index (χ0n) is 47.0. The molecule has 9 aromatic heterocycles. The number of anilines is 3. The van der Waals surface area contributed by atoms with Gasteiger partial charge in [0.25, 0.3) is 0 Å². The van der Waals surface area contributed by atoms with Gasteiger partial charge in [-0.3, -0.25) is 16.3 Å². The van der Waals surface area contributed by atoms with Crippen molar-refractivity contribution in [2.75, 3.05) is 16.3 Å². The molecule has 0 amide bonds. The molecule has 0 aliphatic rings. The van der Waals surface area contributed by atoms with Crippen molar-refractivity contribution in [2.45, 2.75) is 20.8 Å². The van der Waals surface area contributed by atoms with Crippen molar-refractivity contribution in [1.29, 1.82) is 0 Å². The Kier molecular flexibility index (Phi) is 21.5. The summed E-state index contributed by atoms with van der Waals surface area (Å²) in [5.74, 6) is 4.41. The molecule has 87 heavy (non-hydrogen) atoms.